The molecule has 15 heavy (non-hydrogen) atoms. The van der Waals surface area contributed by atoms with Crippen LogP contribution in [0.25, 0.3) is 0 Å². The molecule has 2 nitrogen and oxygen atoms in total. The molecule has 1 saturated carbocycles. The number of hydrogen-bond donors (Lipinski definition) is 1. The van der Waals surface area contributed by atoms with Gasteiger partial charge in [-0.25, -0.2) is 4.98 Å². The summed E-state index contributed by atoms with van der Waals surface area (Å²) < 4.78 is 0. The van der Waals surface area contributed by atoms with E-state index in [2.05, 4.69) is 29.5 Å². The molecule has 1 unspecified atom stereocenters. The molecule has 2 rings (SSSR count). The van der Waals surface area contributed by atoms with Gasteiger partial charge in [0, 0.05) is 17.8 Å². The van der Waals surface area contributed by atoms with Crippen LogP contribution in [-0.4, -0.2) is 11.5 Å². The van der Waals surface area contributed by atoms with E-state index in [-0.39, 0.29) is 0 Å². The average molecular weight is 224 g/mol. The van der Waals surface area contributed by atoms with E-state index in [1.807, 2.05) is 0 Å². The Balaban J connectivity index is 1.73. The van der Waals surface area contributed by atoms with Gasteiger partial charge in [0.05, 0.1) is 5.69 Å². The zero-order valence-corrected chi connectivity index (χ0v) is 10.4. The summed E-state index contributed by atoms with van der Waals surface area (Å²) >= 11 is 1.80. The number of hydrogen-bond acceptors (Lipinski definition) is 3. The SMILES string of the molecule is CCC(C)CNCc1nc(C2CC2)cs1. The van der Waals surface area contributed by atoms with Crippen molar-refractivity contribution in [3.05, 3.63) is 16.1 Å². The number of thiazole rings is 1. The maximum atomic E-state index is 4.65. The Morgan fingerprint density at radius 3 is 3.07 bits per heavy atom. The van der Waals surface area contributed by atoms with Gasteiger partial charge in [-0.1, -0.05) is 20.3 Å². The topological polar surface area (TPSA) is 24.9 Å². The zero-order valence-electron chi connectivity index (χ0n) is 9.62. The van der Waals surface area contributed by atoms with Gasteiger partial charge in [0.15, 0.2) is 0 Å². The first-order chi connectivity index (χ1) is 7.29. The Bertz CT molecular complexity index is 304. The fourth-order valence-electron chi connectivity index (χ4n) is 1.54. The molecule has 3 heteroatoms. The first-order valence-electron chi connectivity index (χ1n) is 5.94. The third kappa shape index (κ3) is 3.28. The molecule has 1 atom stereocenters. The Morgan fingerprint density at radius 2 is 2.40 bits per heavy atom. The van der Waals surface area contributed by atoms with Crippen LogP contribution in [0.5, 0.6) is 0 Å². The lowest BCUT2D eigenvalue weighted by Crippen LogP contribution is -2.20. The minimum atomic E-state index is 0.771. The average Bonchev–Trinajstić information content (AvgIpc) is 2.99. The lowest BCUT2D eigenvalue weighted by molar-refractivity contribution is 0.499. The van der Waals surface area contributed by atoms with Crippen LogP contribution in [-0.2, 0) is 6.54 Å². The summed E-state index contributed by atoms with van der Waals surface area (Å²) in [6.07, 6.45) is 3.95. The first-order valence-corrected chi connectivity index (χ1v) is 6.82. The fraction of sp³-hybridized carbons (Fsp3) is 0.750. The van der Waals surface area contributed by atoms with Crippen LogP contribution in [0.2, 0.25) is 0 Å². The summed E-state index contributed by atoms with van der Waals surface area (Å²) in [5.74, 6) is 1.57. The van der Waals surface area contributed by atoms with Crippen LogP contribution in [0.15, 0.2) is 5.38 Å². The largest absolute Gasteiger partial charge is 0.310 e. The van der Waals surface area contributed by atoms with E-state index >= 15 is 0 Å². The van der Waals surface area contributed by atoms with Crippen molar-refractivity contribution in [1.82, 2.24) is 10.3 Å². The van der Waals surface area contributed by atoms with Crippen LogP contribution in [0.3, 0.4) is 0 Å². The van der Waals surface area contributed by atoms with Crippen molar-refractivity contribution in [2.24, 2.45) is 5.92 Å². The molecule has 0 amide bonds. The van der Waals surface area contributed by atoms with E-state index in [9.17, 15) is 0 Å². The summed E-state index contributed by atoms with van der Waals surface area (Å²) in [6.45, 7) is 6.57. The molecule has 84 valence electrons. The van der Waals surface area contributed by atoms with E-state index in [4.69, 9.17) is 0 Å². The highest BCUT2D eigenvalue weighted by molar-refractivity contribution is 7.09. The van der Waals surface area contributed by atoms with Gasteiger partial charge in [0.2, 0.25) is 0 Å². The summed E-state index contributed by atoms with van der Waals surface area (Å²) in [7, 11) is 0. The third-order valence-electron chi connectivity index (χ3n) is 3.03. The Morgan fingerprint density at radius 1 is 1.60 bits per heavy atom. The molecule has 0 spiro atoms. The number of nitrogens with one attached hydrogen (secondary N) is 1. The lowest BCUT2D eigenvalue weighted by atomic mass is 10.1. The maximum absolute atomic E-state index is 4.65. The van der Waals surface area contributed by atoms with Crippen LogP contribution in [0.1, 0.15) is 49.7 Å². The van der Waals surface area contributed by atoms with E-state index in [0.29, 0.717) is 0 Å². The maximum Gasteiger partial charge on any atom is 0.107 e. The molecule has 0 aromatic carbocycles. The van der Waals surface area contributed by atoms with Gasteiger partial charge in [-0.05, 0) is 25.3 Å². The van der Waals surface area contributed by atoms with Gasteiger partial charge < -0.3 is 5.32 Å². The molecule has 1 N–H and O–H groups in total. The molecule has 0 saturated heterocycles. The van der Waals surface area contributed by atoms with Crippen LogP contribution in [0.4, 0.5) is 0 Å². The van der Waals surface area contributed by atoms with E-state index in [1.54, 1.807) is 11.3 Å². The van der Waals surface area contributed by atoms with Gasteiger partial charge in [-0.2, -0.15) is 0 Å². The highest BCUT2D eigenvalue weighted by Gasteiger charge is 2.25. The Kier molecular flexibility index (Phi) is 3.76. The number of nitrogens with zero attached hydrogens (tertiary/aromatic N) is 1. The Hall–Kier alpha value is -0.410. The van der Waals surface area contributed by atoms with Crippen molar-refractivity contribution >= 4 is 11.3 Å². The molecule has 1 heterocycles. The van der Waals surface area contributed by atoms with Crippen molar-refractivity contribution in [1.29, 1.82) is 0 Å². The summed E-state index contributed by atoms with van der Waals surface area (Å²) in [4.78, 5) is 4.65. The van der Waals surface area contributed by atoms with Crippen molar-refractivity contribution in [2.75, 3.05) is 6.54 Å². The predicted molar refractivity (Wildman–Crippen MR) is 65.3 cm³/mol. The van der Waals surface area contributed by atoms with Gasteiger partial charge >= 0.3 is 0 Å². The van der Waals surface area contributed by atoms with E-state index < -0.39 is 0 Å². The van der Waals surface area contributed by atoms with Crippen molar-refractivity contribution in [2.45, 2.75) is 45.6 Å². The molecule has 1 aliphatic carbocycles. The molecule has 0 bridgehead atoms. The lowest BCUT2D eigenvalue weighted by Gasteiger charge is -2.08. The quantitative estimate of drug-likeness (QED) is 0.803. The second-order valence-corrected chi connectivity index (χ2v) is 5.53. The molecule has 0 radical (unpaired) electrons. The highest BCUT2D eigenvalue weighted by Crippen LogP contribution is 2.40. The molecule has 0 aliphatic heterocycles. The molecular formula is C12H20N2S. The second kappa shape index (κ2) is 5.08. The van der Waals surface area contributed by atoms with Crippen molar-refractivity contribution < 1.29 is 0 Å². The summed E-state index contributed by atoms with van der Waals surface area (Å²) in [5, 5.41) is 6.96. The second-order valence-electron chi connectivity index (χ2n) is 4.58. The number of rotatable bonds is 6. The zero-order chi connectivity index (χ0) is 10.7. The van der Waals surface area contributed by atoms with Crippen LogP contribution in [0, 0.1) is 5.92 Å². The monoisotopic (exact) mass is 224 g/mol. The molecule has 1 aliphatic rings. The summed E-state index contributed by atoms with van der Waals surface area (Å²) in [5.41, 5.74) is 1.33. The third-order valence-corrected chi connectivity index (χ3v) is 3.90. The fourth-order valence-corrected chi connectivity index (χ4v) is 2.39. The minimum Gasteiger partial charge on any atom is -0.310 e. The van der Waals surface area contributed by atoms with Crippen molar-refractivity contribution in [3.8, 4) is 0 Å². The van der Waals surface area contributed by atoms with Crippen LogP contribution >= 0.6 is 11.3 Å². The smallest absolute Gasteiger partial charge is 0.107 e. The van der Waals surface area contributed by atoms with Crippen LogP contribution < -0.4 is 5.32 Å². The first kappa shape index (κ1) is 11.1. The highest BCUT2D eigenvalue weighted by atomic mass is 32.1. The number of aromatic nitrogens is 1. The predicted octanol–water partition coefficient (Wildman–Crippen LogP) is 3.16. The standard InChI is InChI=1S/C12H20N2S/c1-3-9(2)6-13-7-12-14-11(8-15-12)10-4-5-10/h8-10,13H,3-7H2,1-2H3. The van der Waals surface area contributed by atoms with E-state index in [1.165, 1.54) is 30.0 Å². The molecule has 1 fully saturated rings. The summed E-state index contributed by atoms with van der Waals surface area (Å²) in [6, 6.07) is 0. The van der Waals surface area contributed by atoms with E-state index in [0.717, 1.165) is 24.9 Å². The minimum absolute atomic E-state index is 0.771. The molecule has 1 aromatic heterocycles. The van der Waals surface area contributed by atoms with Gasteiger partial charge in [0.25, 0.3) is 0 Å². The normalized spacial score (nSPS) is 18.0. The van der Waals surface area contributed by atoms with Gasteiger partial charge in [-0.15, -0.1) is 11.3 Å². The Labute approximate surface area is 96.1 Å². The molecule has 1 aromatic rings. The molecular weight excluding hydrogens is 204 g/mol. The van der Waals surface area contributed by atoms with Crippen molar-refractivity contribution in [3.63, 3.8) is 0 Å². The van der Waals surface area contributed by atoms with Gasteiger partial charge in [-0.3, -0.25) is 0 Å². The van der Waals surface area contributed by atoms with Gasteiger partial charge in [0.1, 0.15) is 5.01 Å².